The van der Waals surface area contributed by atoms with Gasteiger partial charge in [0.1, 0.15) is 16.4 Å². The lowest BCUT2D eigenvalue weighted by Gasteiger charge is -2.24. The Morgan fingerprint density at radius 3 is 2.49 bits per heavy atom. The quantitative estimate of drug-likeness (QED) is 0.177. The van der Waals surface area contributed by atoms with Gasteiger partial charge < -0.3 is 24.4 Å². The average molecular weight is 553 g/mol. The molecule has 3 aromatic rings. The first-order chi connectivity index (χ1) is 18.6. The van der Waals surface area contributed by atoms with Gasteiger partial charge in [-0.1, -0.05) is 17.4 Å². The molecule has 2 N–H and O–H groups in total. The maximum Gasteiger partial charge on any atom is 0.350 e. The Balaban J connectivity index is 1.96. The van der Waals surface area contributed by atoms with Crippen LogP contribution >= 0.6 is 11.3 Å². The van der Waals surface area contributed by atoms with E-state index in [1.165, 1.54) is 25.3 Å². The van der Waals surface area contributed by atoms with Crippen LogP contribution in [0.25, 0.3) is 5.76 Å². The molecule has 11 heteroatoms. The lowest BCUT2D eigenvalue weighted by molar-refractivity contribution is -0.132. The average Bonchev–Trinajstić information content (AvgIpc) is 3.41. The fourth-order valence-corrected chi connectivity index (χ4v) is 5.35. The van der Waals surface area contributed by atoms with Gasteiger partial charge in [0.15, 0.2) is 16.6 Å². The van der Waals surface area contributed by atoms with Gasteiger partial charge in [-0.25, -0.2) is 9.78 Å². The number of hydrogen-bond donors (Lipinski definition) is 2. The summed E-state index contributed by atoms with van der Waals surface area (Å²) in [7, 11) is 1.52. The Labute approximate surface area is 229 Å². The molecule has 0 aliphatic carbocycles. The molecule has 0 unspecified atom stereocenters. The summed E-state index contributed by atoms with van der Waals surface area (Å²) in [5, 5.41) is 21.8. The third kappa shape index (κ3) is 5.05. The number of thiazole rings is 1. The molecule has 0 spiro atoms. The Morgan fingerprint density at radius 2 is 1.85 bits per heavy atom. The van der Waals surface area contributed by atoms with Gasteiger partial charge >= 0.3 is 11.9 Å². The molecule has 2 heterocycles. The molecule has 1 aliphatic rings. The first-order valence-corrected chi connectivity index (χ1v) is 13.0. The van der Waals surface area contributed by atoms with E-state index in [0.29, 0.717) is 28.1 Å². The number of ketones is 1. The van der Waals surface area contributed by atoms with E-state index >= 15 is 0 Å². The van der Waals surface area contributed by atoms with E-state index in [1.807, 2.05) is 0 Å². The number of Topliss-reactive ketones (excluding diaryl/α,β-unsaturated/α-hetero) is 1. The first kappa shape index (κ1) is 27.6. The number of aliphatic hydroxyl groups is 1. The van der Waals surface area contributed by atoms with Gasteiger partial charge in [-0.3, -0.25) is 14.5 Å². The Kier molecular flexibility index (Phi) is 7.91. The van der Waals surface area contributed by atoms with Crippen LogP contribution in [0.4, 0.5) is 5.13 Å². The van der Waals surface area contributed by atoms with Crippen molar-refractivity contribution in [2.45, 2.75) is 33.7 Å². The molecule has 1 atom stereocenters. The minimum Gasteiger partial charge on any atom is -0.507 e. The number of aromatic nitrogens is 1. The number of aliphatic hydroxyl groups excluding tert-OH is 1. The highest BCUT2D eigenvalue weighted by atomic mass is 32.1. The zero-order chi connectivity index (χ0) is 28.4. The third-order valence-corrected chi connectivity index (χ3v) is 7.32. The molecule has 1 saturated heterocycles. The van der Waals surface area contributed by atoms with E-state index in [4.69, 9.17) is 14.2 Å². The number of amides is 1. The number of phenols is 1. The number of nitrogens with zero attached hydrogens (tertiary/aromatic N) is 2. The van der Waals surface area contributed by atoms with Crippen LogP contribution < -0.4 is 14.4 Å². The fourth-order valence-electron chi connectivity index (χ4n) is 4.36. The number of ether oxygens (including phenoxy) is 3. The van der Waals surface area contributed by atoms with Crippen LogP contribution in [0.1, 0.15) is 51.9 Å². The second-order valence-electron chi connectivity index (χ2n) is 8.64. The molecule has 1 aromatic heterocycles. The lowest BCUT2D eigenvalue weighted by Crippen LogP contribution is -2.29. The van der Waals surface area contributed by atoms with Gasteiger partial charge in [0.25, 0.3) is 5.78 Å². The summed E-state index contributed by atoms with van der Waals surface area (Å²) >= 11 is 0.910. The number of esters is 1. The molecule has 10 nitrogen and oxygen atoms in total. The largest absolute Gasteiger partial charge is 0.507 e. The highest BCUT2D eigenvalue weighted by Gasteiger charge is 2.48. The fraction of sp³-hybridized carbons (Fsp3) is 0.286. The normalized spacial score (nSPS) is 16.4. The van der Waals surface area contributed by atoms with Crippen LogP contribution in [0.3, 0.4) is 0 Å². The van der Waals surface area contributed by atoms with Crippen molar-refractivity contribution >= 4 is 39.9 Å². The second-order valence-corrected chi connectivity index (χ2v) is 9.62. The van der Waals surface area contributed by atoms with Crippen molar-refractivity contribution in [2.75, 3.05) is 25.2 Å². The Hall–Kier alpha value is -4.38. The van der Waals surface area contributed by atoms with Crippen molar-refractivity contribution in [1.29, 1.82) is 0 Å². The molecule has 2 aromatic carbocycles. The molecule has 1 fully saturated rings. The second kappa shape index (κ2) is 11.2. The SMILES string of the molecule is CCOC(=O)c1sc(N2C(=O)C(=O)C(=C(O)c3ccc(OC)cc3C)[C@H]2c2ccc(O)c(OCC)c2)nc1C. The van der Waals surface area contributed by atoms with Gasteiger partial charge in [0, 0.05) is 5.56 Å². The highest BCUT2D eigenvalue weighted by Crippen LogP contribution is 2.45. The van der Waals surface area contributed by atoms with Crippen LogP contribution in [-0.2, 0) is 14.3 Å². The Bertz CT molecular complexity index is 1490. The van der Waals surface area contributed by atoms with Gasteiger partial charge in [-0.15, -0.1) is 0 Å². The van der Waals surface area contributed by atoms with E-state index < -0.39 is 23.7 Å². The van der Waals surface area contributed by atoms with Crippen molar-refractivity contribution in [3.63, 3.8) is 0 Å². The van der Waals surface area contributed by atoms with Crippen LogP contribution in [0.15, 0.2) is 42.0 Å². The topological polar surface area (TPSA) is 135 Å². The number of anilines is 1. The summed E-state index contributed by atoms with van der Waals surface area (Å²) in [6.07, 6.45) is 0. The maximum atomic E-state index is 13.5. The summed E-state index contributed by atoms with van der Waals surface area (Å²) in [6.45, 7) is 7.19. The summed E-state index contributed by atoms with van der Waals surface area (Å²) in [6, 6.07) is 8.22. The number of carbonyl (C=O) groups is 3. The molecule has 0 bridgehead atoms. The van der Waals surface area contributed by atoms with E-state index in [9.17, 15) is 24.6 Å². The number of phenolic OH excluding ortho intramolecular Hbond substituents is 1. The molecule has 1 aliphatic heterocycles. The number of rotatable bonds is 8. The number of aromatic hydroxyl groups is 1. The van der Waals surface area contributed by atoms with E-state index in [1.54, 1.807) is 45.9 Å². The van der Waals surface area contributed by atoms with Gasteiger partial charge in [-0.2, -0.15) is 0 Å². The van der Waals surface area contributed by atoms with Gasteiger partial charge in [0.2, 0.25) is 0 Å². The summed E-state index contributed by atoms with van der Waals surface area (Å²) in [5.74, 6) is -2.25. The first-order valence-electron chi connectivity index (χ1n) is 12.2. The summed E-state index contributed by atoms with van der Waals surface area (Å²) < 4.78 is 15.9. The van der Waals surface area contributed by atoms with E-state index in [-0.39, 0.29) is 46.1 Å². The number of benzene rings is 2. The smallest absolute Gasteiger partial charge is 0.350 e. The molecular weight excluding hydrogens is 524 g/mol. The number of carbonyl (C=O) groups excluding carboxylic acids is 3. The van der Waals surface area contributed by atoms with E-state index in [0.717, 1.165) is 16.2 Å². The molecule has 1 amide bonds. The number of aryl methyl sites for hydroxylation is 2. The number of hydrogen-bond acceptors (Lipinski definition) is 10. The van der Waals surface area contributed by atoms with Crippen molar-refractivity contribution in [3.8, 4) is 17.2 Å². The maximum absolute atomic E-state index is 13.5. The minimum atomic E-state index is -1.13. The highest BCUT2D eigenvalue weighted by molar-refractivity contribution is 7.17. The van der Waals surface area contributed by atoms with Crippen molar-refractivity contribution < 1.29 is 38.8 Å². The molecule has 204 valence electrons. The third-order valence-electron chi connectivity index (χ3n) is 6.18. The van der Waals surface area contributed by atoms with Gasteiger partial charge in [0.05, 0.1) is 37.6 Å². The molecule has 0 saturated carbocycles. The molecule has 4 rings (SSSR count). The molecule has 0 radical (unpaired) electrons. The summed E-state index contributed by atoms with van der Waals surface area (Å²) in [4.78, 5) is 45.2. The number of methoxy groups -OCH3 is 1. The zero-order valence-electron chi connectivity index (χ0n) is 22.1. The minimum absolute atomic E-state index is 0.0826. The summed E-state index contributed by atoms with van der Waals surface area (Å²) in [5.41, 5.74) is 1.50. The molecule has 39 heavy (non-hydrogen) atoms. The molecular formula is C28H28N2O8S. The van der Waals surface area contributed by atoms with Crippen LogP contribution in [0.2, 0.25) is 0 Å². The van der Waals surface area contributed by atoms with Crippen molar-refractivity contribution in [3.05, 3.63) is 69.2 Å². The van der Waals surface area contributed by atoms with Crippen LogP contribution in [0.5, 0.6) is 17.2 Å². The van der Waals surface area contributed by atoms with Crippen molar-refractivity contribution in [1.82, 2.24) is 4.98 Å². The standard InChI is InChI=1S/C28H28N2O8S/c1-6-37-20-13-16(8-11-19(20)31)22-21(23(32)18-10-9-17(36-5)12-14(18)3)24(33)26(34)30(22)28-29-15(4)25(39-28)27(35)38-7-2/h8-13,22,31-32H,6-7H2,1-5H3/t22-/m1/s1. The van der Waals surface area contributed by atoms with Crippen molar-refractivity contribution in [2.24, 2.45) is 0 Å². The lowest BCUT2D eigenvalue weighted by atomic mass is 9.93. The zero-order valence-corrected chi connectivity index (χ0v) is 22.9. The van der Waals surface area contributed by atoms with Crippen LogP contribution in [0, 0.1) is 13.8 Å². The Morgan fingerprint density at radius 1 is 1.10 bits per heavy atom. The van der Waals surface area contributed by atoms with Gasteiger partial charge in [-0.05, 0) is 69.2 Å². The predicted molar refractivity (Wildman–Crippen MR) is 145 cm³/mol. The van der Waals surface area contributed by atoms with E-state index in [2.05, 4.69) is 4.98 Å². The monoisotopic (exact) mass is 552 g/mol. The van der Waals surface area contributed by atoms with Crippen LogP contribution in [-0.4, -0.2) is 53.2 Å². The predicted octanol–water partition coefficient (Wildman–Crippen LogP) is 4.68.